The number of carbonyl (C=O) groups is 2. The molecule has 1 saturated heterocycles. The van der Waals surface area contributed by atoms with Crippen LogP contribution < -0.4 is 5.32 Å². The second kappa shape index (κ2) is 6.36. The highest BCUT2D eigenvalue weighted by Gasteiger charge is 2.31. The van der Waals surface area contributed by atoms with Crippen LogP contribution in [0.4, 0.5) is 0 Å². The minimum atomic E-state index is -3.01. The number of sulfone groups is 1. The SMILES string of the molecule is CC(C)C[C@@H](NC(=O)C1CCS(=O)(=O)CC1)C(=O)O. The molecule has 1 rings (SSSR count). The zero-order valence-corrected chi connectivity index (χ0v) is 12.1. The van der Waals surface area contributed by atoms with E-state index in [4.69, 9.17) is 5.11 Å². The van der Waals surface area contributed by atoms with Crippen molar-refractivity contribution >= 4 is 21.7 Å². The smallest absolute Gasteiger partial charge is 0.326 e. The third kappa shape index (κ3) is 5.18. The monoisotopic (exact) mass is 291 g/mol. The molecule has 1 aliphatic rings. The van der Waals surface area contributed by atoms with Crippen molar-refractivity contribution in [3.8, 4) is 0 Å². The lowest BCUT2D eigenvalue weighted by molar-refractivity contribution is -0.143. The van der Waals surface area contributed by atoms with Gasteiger partial charge in [-0.25, -0.2) is 13.2 Å². The van der Waals surface area contributed by atoms with Gasteiger partial charge in [-0.3, -0.25) is 4.79 Å². The minimum Gasteiger partial charge on any atom is -0.480 e. The lowest BCUT2D eigenvalue weighted by atomic mass is 9.99. The lowest BCUT2D eigenvalue weighted by Crippen LogP contribution is -2.45. The van der Waals surface area contributed by atoms with Crippen molar-refractivity contribution in [1.82, 2.24) is 5.32 Å². The van der Waals surface area contributed by atoms with Crippen molar-refractivity contribution < 1.29 is 23.1 Å². The van der Waals surface area contributed by atoms with Crippen LogP contribution in [0.15, 0.2) is 0 Å². The van der Waals surface area contributed by atoms with E-state index in [1.807, 2.05) is 13.8 Å². The predicted octanol–water partition coefficient (Wildman–Crippen LogP) is 0.427. The molecule has 0 aromatic heterocycles. The average molecular weight is 291 g/mol. The summed E-state index contributed by atoms with van der Waals surface area (Å²) >= 11 is 0. The Morgan fingerprint density at radius 2 is 1.79 bits per heavy atom. The number of aliphatic carboxylic acids is 1. The molecule has 0 bridgehead atoms. The Bertz CT molecular complexity index is 429. The Kier molecular flexibility index (Phi) is 5.34. The van der Waals surface area contributed by atoms with Crippen molar-refractivity contribution in [2.45, 2.75) is 39.2 Å². The van der Waals surface area contributed by atoms with Crippen molar-refractivity contribution in [1.29, 1.82) is 0 Å². The molecule has 0 radical (unpaired) electrons. The minimum absolute atomic E-state index is 0.00695. The van der Waals surface area contributed by atoms with Crippen molar-refractivity contribution in [3.63, 3.8) is 0 Å². The fourth-order valence-electron chi connectivity index (χ4n) is 2.13. The zero-order chi connectivity index (χ0) is 14.6. The van der Waals surface area contributed by atoms with Crippen LogP contribution >= 0.6 is 0 Å². The first-order valence-corrected chi connectivity index (χ1v) is 8.27. The first kappa shape index (κ1) is 15.9. The summed E-state index contributed by atoms with van der Waals surface area (Å²) in [6, 6.07) is -0.897. The van der Waals surface area contributed by atoms with E-state index >= 15 is 0 Å². The summed E-state index contributed by atoms with van der Waals surface area (Å²) in [5.41, 5.74) is 0. The Labute approximate surface area is 113 Å². The number of rotatable bonds is 5. The summed E-state index contributed by atoms with van der Waals surface area (Å²) in [5, 5.41) is 11.6. The van der Waals surface area contributed by atoms with E-state index in [-0.39, 0.29) is 36.2 Å². The molecule has 19 heavy (non-hydrogen) atoms. The van der Waals surface area contributed by atoms with Gasteiger partial charge in [-0.2, -0.15) is 0 Å². The first-order valence-electron chi connectivity index (χ1n) is 6.45. The topological polar surface area (TPSA) is 101 Å². The van der Waals surface area contributed by atoms with E-state index in [1.165, 1.54) is 0 Å². The van der Waals surface area contributed by atoms with Gasteiger partial charge in [-0.15, -0.1) is 0 Å². The molecular formula is C12H21NO5S. The molecule has 1 heterocycles. The number of hydrogen-bond donors (Lipinski definition) is 2. The van der Waals surface area contributed by atoms with Gasteiger partial charge < -0.3 is 10.4 Å². The van der Waals surface area contributed by atoms with E-state index < -0.39 is 27.8 Å². The van der Waals surface area contributed by atoms with Crippen LogP contribution in [0.25, 0.3) is 0 Å². The highest BCUT2D eigenvalue weighted by atomic mass is 32.2. The third-order valence-electron chi connectivity index (χ3n) is 3.25. The van der Waals surface area contributed by atoms with Gasteiger partial charge in [0.2, 0.25) is 5.91 Å². The van der Waals surface area contributed by atoms with E-state index in [9.17, 15) is 18.0 Å². The second-order valence-corrected chi connectivity index (χ2v) is 7.76. The number of carbonyl (C=O) groups excluding carboxylic acids is 1. The first-order chi connectivity index (χ1) is 8.71. The van der Waals surface area contributed by atoms with E-state index in [2.05, 4.69) is 5.32 Å². The lowest BCUT2D eigenvalue weighted by Gasteiger charge is -2.24. The number of hydrogen-bond acceptors (Lipinski definition) is 4. The molecule has 110 valence electrons. The molecule has 0 aliphatic carbocycles. The van der Waals surface area contributed by atoms with Gasteiger partial charge in [-0.05, 0) is 25.2 Å². The van der Waals surface area contributed by atoms with Crippen LogP contribution in [-0.4, -0.2) is 42.9 Å². The maximum atomic E-state index is 11.9. The molecule has 0 aromatic carbocycles. The fourth-order valence-corrected chi connectivity index (χ4v) is 3.63. The van der Waals surface area contributed by atoms with Gasteiger partial charge in [0.05, 0.1) is 11.5 Å². The fraction of sp³-hybridized carbons (Fsp3) is 0.833. The quantitative estimate of drug-likeness (QED) is 0.765. The van der Waals surface area contributed by atoms with Gasteiger partial charge in [0, 0.05) is 5.92 Å². The largest absolute Gasteiger partial charge is 0.480 e. The normalized spacial score (nSPS) is 21.0. The third-order valence-corrected chi connectivity index (χ3v) is 4.96. The van der Waals surface area contributed by atoms with Gasteiger partial charge in [0.25, 0.3) is 0 Å². The van der Waals surface area contributed by atoms with Crippen LogP contribution in [0, 0.1) is 11.8 Å². The summed E-state index contributed by atoms with van der Waals surface area (Å²) in [7, 11) is -3.01. The molecule has 0 aromatic rings. The summed E-state index contributed by atoms with van der Waals surface area (Å²) in [5.74, 6) is -1.61. The Hall–Kier alpha value is -1.11. The molecule has 7 heteroatoms. The predicted molar refractivity (Wildman–Crippen MR) is 70.4 cm³/mol. The summed E-state index contributed by atoms with van der Waals surface area (Å²) < 4.78 is 22.5. The van der Waals surface area contributed by atoms with Gasteiger partial charge in [0.15, 0.2) is 0 Å². The zero-order valence-electron chi connectivity index (χ0n) is 11.3. The van der Waals surface area contributed by atoms with Crippen LogP contribution in [0.1, 0.15) is 33.1 Å². The van der Waals surface area contributed by atoms with Gasteiger partial charge in [0.1, 0.15) is 15.9 Å². The molecular weight excluding hydrogens is 270 g/mol. The van der Waals surface area contributed by atoms with E-state index in [1.54, 1.807) is 0 Å². The van der Waals surface area contributed by atoms with Crippen molar-refractivity contribution in [2.75, 3.05) is 11.5 Å². The van der Waals surface area contributed by atoms with Gasteiger partial charge >= 0.3 is 5.97 Å². The van der Waals surface area contributed by atoms with Crippen LogP contribution in [0.2, 0.25) is 0 Å². The average Bonchev–Trinajstić information content (AvgIpc) is 2.27. The summed E-state index contributed by atoms with van der Waals surface area (Å²) in [6.07, 6.45) is 0.927. The van der Waals surface area contributed by atoms with Crippen LogP contribution in [0.3, 0.4) is 0 Å². The maximum absolute atomic E-state index is 11.9. The van der Waals surface area contributed by atoms with Crippen LogP contribution in [-0.2, 0) is 19.4 Å². The van der Waals surface area contributed by atoms with Crippen molar-refractivity contribution in [3.05, 3.63) is 0 Å². The molecule has 1 atom stereocenters. The van der Waals surface area contributed by atoms with Crippen molar-refractivity contribution in [2.24, 2.45) is 11.8 Å². The van der Waals surface area contributed by atoms with E-state index in [0.29, 0.717) is 6.42 Å². The highest BCUT2D eigenvalue weighted by molar-refractivity contribution is 7.91. The number of nitrogens with one attached hydrogen (secondary N) is 1. The Morgan fingerprint density at radius 3 is 2.21 bits per heavy atom. The number of amides is 1. The molecule has 0 unspecified atom stereocenters. The highest BCUT2D eigenvalue weighted by Crippen LogP contribution is 2.19. The molecule has 6 nitrogen and oxygen atoms in total. The number of carboxylic acids is 1. The van der Waals surface area contributed by atoms with Gasteiger partial charge in [-0.1, -0.05) is 13.8 Å². The van der Waals surface area contributed by atoms with Crippen LogP contribution in [0.5, 0.6) is 0 Å². The molecule has 0 spiro atoms. The molecule has 1 aliphatic heterocycles. The molecule has 1 fully saturated rings. The molecule has 0 saturated carbocycles. The Balaban J connectivity index is 2.56. The van der Waals surface area contributed by atoms with E-state index in [0.717, 1.165) is 0 Å². The summed E-state index contributed by atoms with van der Waals surface area (Å²) in [6.45, 7) is 3.77. The molecule has 1 amide bonds. The number of carboxylic acid groups (broad SMARTS) is 1. The standard InChI is InChI=1S/C12H21NO5S/c1-8(2)7-10(12(15)16)13-11(14)9-3-5-19(17,18)6-4-9/h8-10H,3-7H2,1-2H3,(H,13,14)(H,15,16)/t10-/m1/s1. The maximum Gasteiger partial charge on any atom is 0.326 e. The Morgan fingerprint density at radius 1 is 1.26 bits per heavy atom. The molecule has 2 N–H and O–H groups in total. The summed E-state index contributed by atoms with van der Waals surface area (Å²) in [4.78, 5) is 23.0. The second-order valence-electron chi connectivity index (χ2n) is 5.46.